The van der Waals surface area contributed by atoms with Crippen molar-refractivity contribution in [2.24, 2.45) is 0 Å². The minimum absolute atomic E-state index is 0.564. The molecule has 112 valence electrons. The predicted molar refractivity (Wildman–Crippen MR) is 81.9 cm³/mol. The van der Waals surface area contributed by atoms with Gasteiger partial charge < -0.3 is 19.5 Å². The number of methoxy groups -OCH3 is 2. The summed E-state index contributed by atoms with van der Waals surface area (Å²) in [6.45, 7) is 10.2. The summed E-state index contributed by atoms with van der Waals surface area (Å²) in [6, 6.07) is 3.95. The second-order valence-electron chi connectivity index (χ2n) is 4.67. The molecule has 1 N–H and O–H groups in total. The molecule has 20 heavy (non-hydrogen) atoms. The van der Waals surface area contributed by atoms with E-state index in [0.717, 1.165) is 30.6 Å². The van der Waals surface area contributed by atoms with Crippen molar-refractivity contribution in [1.29, 1.82) is 0 Å². The van der Waals surface area contributed by atoms with E-state index in [1.807, 2.05) is 19.1 Å². The summed E-state index contributed by atoms with van der Waals surface area (Å²) >= 11 is 0. The first kappa shape index (κ1) is 16.4. The first-order chi connectivity index (χ1) is 9.62. The molecule has 0 fully saturated rings. The molecule has 0 bridgehead atoms. The second-order valence-corrected chi connectivity index (χ2v) is 4.67. The zero-order chi connectivity index (χ0) is 15.0. The second kappa shape index (κ2) is 8.48. The van der Waals surface area contributed by atoms with E-state index in [1.54, 1.807) is 14.2 Å². The number of hydrogen-bond acceptors (Lipinski definition) is 4. The molecule has 0 heterocycles. The number of rotatable bonds is 9. The zero-order valence-electron chi connectivity index (χ0n) is 12.9. The Morgan fingerprint density at radius 3 is 2.25 bits per heavy atom. The van der Waals surface area contributed by atoms with E-state index in [4.69, 9.17) is 14.2 Å². The van der Waals surface area contributed by atoms with Crippen LogP contribution in [0.1, 0.15) is 25.8 Å². The molecule has 0 unspecified atom stereocenters. The van der Waals surface area contributed by atoms with Gasteiger partial charge in [-0.1, -0.05) is 12.5 Å². The van der Waals surface area contributed by atoms with E-state index in [1.165, 1.54) is 0 Å². The first-order valence-electron chi connectivity index (χ1n) is 6.85. The maximum atomic E-state index is 5.79. The minimum atomic E-state index is 0.564. The van der Waals surface area contributed by atoms with Crippen LogP contribution < -0.4 is 19.5 Å². The molecule has 1 aromatic carbocycles. The van der Waals surface area contributed by atoms with Gasteiger partial charge in [0.1, 0.15) is 0 Å². The number of nitrogens with one attached hydrogen (secondary N) is 1. The van der Waals surface area contributed by atoms with Crippen molar-refractivity contribution in [1.82, 2.24) is 5.32 Å². The highest BCUT2D eigenvalue weighted by Gasteiger charge is 2.14. The SMILES string of the molecule is C=C(C)CCOc1c(OC)cc(CNCC)cc1OC. The zero-order valence-corrected chi connectivity index (χ0v) is 12.9. The average Bonchev–Trinajstić information content (AvgIpc) is 2.44. The lowest BCUT2D eigenvalue weighted by molar-refractivity contribution is 0.277. The minimum Gasteiger partial charge on any atom is -0.493 e. The lowest BCUT2D eigenvalue weighted by Crippen LogP contribution is -2.12. The Morgan fingerprint density at radius 2 is 1.80 bits per heavy atom. The Labute approximate surface area is 121 Å². The van der Waals surface area contributed by atoms with E-state index >= 15 is 0 Å². The molecule has 0 saturated heterocycles. The van der Waals surface area contributed by atoms with Crippen LogP contribution in [0.25, 0.3) is 0 Å². The molecule has 4 heteroatoms. The highest BCUT2D eigenvalue weighted by atomic mass is 16.5. The van der Waals surface area contributed by atoms with Crippen LogP contribution in [0.4, 0.5) is 0 Å². The molecule has 0 aromatic heterocycles. The van der Waals surface area contributed by atoms with E-state index < -0.39 is 0 Å². The average molecular weight is 279 g/mol. The van der Waals surface area contributed by atoms with E-state index in [9.17, 15) is 0 Å². The summed E-state index contributed by atoms with van der Waals surface area (Å²) in [5.41, 5.74) is 2.19. The van der Waals surface area contributed by atoms with E-state index in [-0.39, 0.29) is 0 Å². The maximum Gasteiger partial charge on any atom is 0.203 e. The number of hydrogen-bond donors (Lipinski definition) is 1. The van der Waals surface area contributed by atoms with Crippen molar-refractivity contribution < 1.29 is 14.2 Å². The molecule has 1 aromatic rings. The van der Waals surface area contributed by atoms with Crippen LogP contribution in [0, 0.1) is 0 Å². The van der Waals surface area contributed by atoms with Gasteiger partial charge in [0.25, 0.3) is 0 Å². The Balaban J connectivity index is 2.92. The molecule has 0 atom stereocenters. The summed E-state index contributed by atoms with van der Waals surface area (Å²) in [4.78, 5) is 0. The Hall–Kier alpha value is -1.68. The number of ether oxygens (including phenoxy) is 3. The summed E-state index contributed by atoms with van der Waals surface area (Å²) in [7, 11) is 3.27. The fourth-order valence-corrected chi connectivity index (χ4v) is 1.78. The molecule has 0 aliphatic rings. The van der Waals surface area contributed by atoms with Gasteiger partial charge in [0.05, 0.1) is 20.8 Å². The van der Waals surface area contributed by atoms with E-state index in [2.05, 4.69) is 18.8 Å². The van der Waals surface area contributed by atoms with Gasteiger partial charge >= 0.3 is 0 Å². The quantitative estimate of drug-likeness (QED) is 0.705. The summed E-state index contributed by atoms with van der Waals surface area (Å²) < 4.78 is 16.6. The largest absolute Gasteiger partial charge is 0.493 e. The lowest BCUT2D eigenvalue weighted by Gasteiger charge is -2.16. The molecule has 0 aliphatic carbocycles. The van der Waals surface area contributed by atoms with Crippen LogP contribution >= 0.6 is 0 Å². The van der Waals surface area contributed by atoms with Crippen LogP contribution in [-0.4, -0.2) is 27.4 Å². The van der Waals surface area contributed by atoms with E-state index in [0.29, 0.717) is 23.9 Å². The van der Waals surface area contributed by atoms with Gasteiger partial charge in [0.2, 0.25) is 5.75 Å². The fourth-order valence-electron chi connectivity index (χ4n) is 1.78. The Kier molecular flexibility index (Phi) is 6.94. The van der Waals surface area contributed by atoms with Crippen LogP contribution in [0.3, 0.4) is 0 Å². The highest BCUT2D eigenvalue weighted by Crippen LogP contribution is 2.38. The molecule has 0 aliphatic heterocycles. The highest BCUT2D eigenvalue weighted by molar-refractivity contribution is 5.53. The fraction of sp³-hybridized carbons (Fsp3) is 0.500. The van der Waals surface area contributed by atoms with Gasteiger partial charge in [-0.25, -0.2) is 0 Å². The van der Waals surface area contributed by atoms with Gasteiger partial charge in [-0.15, -0.1) is 6.58 Å². The Morgan fingerprint density at radius 1 is 1.20 bits per heavy atom. The molecule has 1 rings (SSSR count). The van der Waals surface area contributed by atoms with Gasteiger partial charge in [-0.3, -0.25) is 0 Å². The predicted octanol–water partition coefficient (Wildman–Crippen LogP) is 3.16. The van der Waals surface area contributed by atoms with Crippen molar-refractivity contribution >= 4 is 0 Å². The third-order valence-corrected chi connectivity index (χ3v) is 2.87. The smallest absolute Gasteiger partial charge is 0.203 e. The molecule has 0 amide bonds. The van der Waals surface area contributed by atoms with Crippen molar-refractivity contribution in [3.63, 3.8) is 0 Å². The van der Waals surface area contributed by atoms with Crippen LogP contribution in [0.2, 0.25) is 0 Å². The summed E-state index contributed by atoms with van der Waals surface area (Å²) in [5.74, 6) is 2.04. The van der Waals surface area contributed by atoms with Gasteiger partial charge in [-0.05, 0) is 31.2 Å². The monoisotopic (exact) mass is 279 g/mol. The van der Waals surface area contributed by atoms with Crippen LogP contribution in [0.15, 0.2) is 24.3 Å². The van der Waals surface area contributed by atoms with Crippen molar-refractivity contribution in [3.8, 4) is 17.2 Å². The van der Waals surface area contributed by atoms with Gasteiger partial charge in [-0.2, -0.15) is 0 Å². The van der Waals surface area contributed by atoms with Crippen molar-refractivity contribution in [2.45, 2.75) is 26.8 Å². The molecular weight excluding hydrogens is 254 g/mol. The molecule has 0 spiro atoms. The molecule has 0 saturated carbocycles. The third kappa shape index (κ3) is 4.78. The maximum absolute atomic E-state index is 5.79. The Bertz CT molecular complexity index is 418. The van der Waals surface area contributed by atoms with Gasteiger partial charge in [0, 0.05) is 13.0 Å². The molecule has 4 nitrogen and oxygen atoms in total. The molecule has 0 radical (unpaired) electrons. The molecular formula is C16H25NO3. The van der Waals surface area contributed by atoms with Crippen molar-refractivity contribution in [2.75, 3.05) is 27.4 Å². The van der Waals surface area contributed by atoms with Crippen molar-refractivity contribution in [3.05, 3.63) is 29.8 Å². The first-order valence-corrected chi connectivity index (χ1v) is 6.85. The van der Waals surface area contributed by atoms with Gasteiger partial charge in [0.15, 0.2) is 11.5 Å². The lowest BCUT2D eigenvalue weighted by atomic mass is 10.1. The summed E-state index contributed by atoms with van der Waals surface area (Å²) in [5, 5.41) is 3.28. The topological polar surface area (TPSA) is 39.7 Å². The van der Waals surface area contributed by atoms with Crippen LogP contribution in [0.5, 0.6) is 17.2 Å². The number of benzene rings is 1. The van der Waals surface area contributed by atoms with Crippen LogP contribution in [-0.2, 0) is 6.54 Å². The summed E-state index contributed by atoms with van der Waals surface area (Å²) in [6.07, 6.45) is 0.811. The standard InChI is InChI=1S/C16H25NO3/c1-6-17-11-13-9-14(18-4)16(15(10-13)19-5)20-8-7-12(2)3/h9-10,17H,2,6-8,11H2,1,3-5H3. The normalized spacial score (nSPS) is 10.2. The third-order valence-electron chi connectivity index (χ3n) is 2.87.